The number of hydrogen-bond acceptors (Lipinski definition) is 5. The van der Waals surface area contributed by atoms with Gasteiger partial charge >= 0.3 is 6.03 Å². The van der Waals surface area contributed by atoms with E-state index in [2.05, 4.69) is 30.8 Å². The average molecular weight is 374 g/mol. The van der Waals surface area contributed by atoms with Crippen LogP contribution >= 0.6 is 0 Å². The van der Waals surface area contributed by atoms with Crippen LogP contribution in [0.15, 0.2) is 55.0 Å². The zero-order valence-electron chi connectivity index (χ0n) is 15.4. The van der Waals surface area contributed by atoms with Crippen molar-refractivity contribution in [3.05, 3.63) is 66.1 Å². The number of ether oxygens (including phenoxy) is 1. The first-order valence-corrected chi connectivity index (χ1v) is 8.66. The van der Waals surface area contributed by atoms with E-state index in [9.17, 15) is 4.79 Å². The van der Waals surface area contributed by atoms with Gasteiger partial charge in [-0.05, 0) is 55.3 Å². The zero-order valence-corrected chi connectivity index (χ0v) is 15.4. The number of hydrogen-bond donors (Lipinski definition) is 3. The molecule has 2 heterocycles. The van der Waals surface area contributed by atoms with Gasteiger partial charge in [0.1, 0.15) is 17.5 Å². The quantitative estimate of drug-likeness (QED) is 0.491. The molecular weight excluding hydrogens is 356 g/mol. The van der Waals surface area contributed by atoms with Gasteiger partial charge in [0.05, 0.1) is 6.20 Å². The molecule has 4 aromatic rings. The standard InChI is InChI=1S/C20H18N6O2/c1-12-4-3-5-17(13(12)2)25-20(27)24-14-6-8-15(9-7-14)28-19-16-10-23-26-18(16)21-11-22-19/h3-11H,1-2H3,(H2,24,25,27)(H,21,22,23,26). The van der Waals surface area contributed by atoms with Crippen molar-refractivity contribution in [1.82, 2.24) is 20.2 Å². The molecule has 0 aliphatic heterocycles. The molecule has 140 valence electrons. The minimum atomic E-state index is -0.307. The Labute approximate surface area is 161 Å². The van der Waals surface area contributed by atoms with E-state index in [-0.39, 0.29) is 6.03 Å². The van der Waals surface area contributed by atoms with Gasteiger partial charge in [0, 0.05) is 11.4 Å². The van der Waals surface area contributed by atoms with Crippen molar-refractivity contribution >= 4 is 28.4 Å². The van der Waals surface area contributed by atoms with E-state index in [0.717, 1.165) is 16.8 Å². The summed E-state index contributed by atoms with van der Waals surface area (Å²) in [5.74, 6) is 0.994. The lowest BCUT2D eigenvalue weighted by atomic mass is 10.1. The molecule has 2 aromatic heterocycles. The Morgan fingerprint density at radius 3 is 2.68 bits per heavy atom. The predicted octanol–water partition coefficient (Wildman–Crippen LogP) is 4.41. The third-order valence-electron chi connectivity index (χ3n) is 4.39. The number of fused-ring (bicyclic) bond motifs is 1. The van der Waals surface area contributed by atoms with Gasteiger partial charge in [-0.25, -0.2) is 14.8 Å². The molecule has 0 radical (unpaired) electrons. The van der Waals surface area contributed by atoms with Crippen molar-refractivity contribution in [2.75, 3.05) is 10.6 Å². The lowest BCUT2D eigenvalue weighted by Gasteiger charge is -2.12. The lowest BCUT2D eigenvalue weighted by molar-refractivity contribution is 0.262. The summed E-state index contributed by atoms with van der Waals surface area (Å²) in [6.07, 6.45) is 3.02. The second-order valence-corrected chi connectivity index (χ2v) is 6.26. The fourth-order valence-corrected chi connectivity index (χ4v) is 2.71. The highest BCUT2D eigenvalue weighted by Crippen LogP contribution is 2.26. The number of nitrogens with zero attached hydrogens (tertiary/aromatic N) is 3. The van der Waals surface area contributed by atoms with E-state index in [1.807, 2.05) is 32.0 Å². The van der Waals surface area contributed by atoms with E-state index in [1.165, 1.54) is 6.33 Å². The summed E-state index contributed by atoms with van der Waals surface area (Å²) in [7, 11) is 0. The van der Waals surface area contributed by atoms with Crippen LogP contribution in [0.5, 0.6) is 11.6 Å². The van der Waals surface area contributed by atoms with Crippen LogP contribution in [0.2, 0.25) is 0 Å². The van der Waals surface area contributed by atoms with E-state index in [1.54, 1.807) is 30.5 Å². The normalized spacial score (nSPS) is 10.6. The predicted molar refractivity (Wildman–Crippen MR) is 107 cm³/mol. The third kappa shape index (κ3) is 3.61. The molecule has 2 aromatic carbocycles. The number of nitrogens with one attached hydrogen (secondary N) is 3. The van der Waals surface area contributed by atoms with Crippen molar-refractivity contribution in [3.8, 4) is 11.6 Å². The van der Waals surface area contributed by atoms with Crippen LogP contribution in [0.25, 0.3) is 11.0 Å². The van der Waals surface area contributed by atoms with Crippen molar-refractivity contribution < 1.29 is 9.53 Å². The number of aryl methyl sites for hydroxylation is 1. The number of anilines is 2. The van der Waals surface area contributed by atoms with Crippen LogP contribution in [0, 0.1) is 13.8 Å². The second-order valence-electron chi connectivity index (χ2n) is 6.26. The van der Waals surface area contributed by atoms with Gasteiger partial charge in [-0.15, -0.1) is 0 Å². The topological polar surface area (TPSA) is 105 Å². The maximum Gasteiger partial charge on any atom is 0.323 e. The number of amides is 2. The Balaban J connectivity index is 1.42. The fraction of sp³-hybridized carbons (Fsp3) is 0.100. The van der Waals surface area contributed by atoms with Gasteiger partial charge in [-0.1, -0.05) is 12.1 Å². The molecule has 0 saturated heterocycles. The molecule has 0 unspecified atom stereocenters. The number of rotatable bonds is 4. The average Bonchev–Trinajstić information content (AvgIpc) is 3.17. The van der Waals surface area contributed by atoms with Crippen molar-refractivity contribution in [2.45, 2.75) is 13.8 Å². The summed E-state index contributed by atoms with van der Waals surface area (Å²) in [5.41, 5.74) is 4.19. The molecule has 0 bridgehead atoms. The molecule has 0 saturated carbocycles. The van der Waals surface area contributed by atoms with Crippen LogP contribution in [-0.4, -0.2) is 26.2 Å². The molecule has 0 spiro atoms. The van der Waals surface area contributed by atoms with Crippen LogP contribution in [0.3, 0.4) is 0 Å². The van der Waals surface area contributed by atoms with Gasteiger partial charge in [0.2, 0.25) is 5.88 Å². The Morgan fingerprint density at radius 1 is 1.04 bits per heavy atom. The fourth-order valence-electron chi connectivity index (χ4n) is 2.71. The first kappa shape index (κ1) is 17.5. The van der Waals surface area contributed by atoms with Crippen LogP contribution < -0.4 is 15.4 Å². The van der Waals surface area contributed by atoms with Crippen LogP contribution in [-0.2, 0) is 0 Å². The molecule has 2 amide bonds. The number of aromatic amines is 1. The second kappa shape index (κ2) is 7.36. The van der Waals surface area contributed by atoms with Crippen molar-refractivity contribution in [2.24, 2.45) is 0 Å². The van der Waals surface area contributed by atoms with Crippen LogP contribution in [0.1, 0.15) is 11.1 Å². The minimum Gasteiger partial charge on any atom is -0.438 e. The molecule has 0 aliphatic carbocycles. The Hall–Kier alpha value is -3.94. The van der Waals surface area contributed by atoms with Gasteiger partial charge in [0.25, 0.3) is 0 Å². The lowest BCUT2D eigenvalue weighted by Crippen LogP contribution is -2.20. The first-order valence-electron chi connectivity index (χ1n) is 8.66. The molecule has 0 atom stereocenters. The largest absolute Gasteiger partial charge is 0.438 e. The van der Waals surface area contributed by atoms with E-state index >= 15 is 0 Å². The van der Waals surface area contributed by atoms with Crippen molar-refractivity contribution in [3.63, 3.8) is 0 Å². The van der Waals surface area contributed by atoms with E-state index in [0.29, 0.717) is 28.4 Å². The molecule has 28 heavy (non-hydrogen) atoms. The summed E-state index contributed by atoms with van der Waals surface area (Å²) in [5, 5.41) is 13.1. The molecular formula is C20H18N6O2. The summed E-state index contributed by atoms with van der Waals surface area (Å²) >= 11 is 0. The zero-order chi connectivity index (χ0) is 19.5. The monoisotopic (exact) mass is 374 g/mol. The van der Waals surface area contributed by atoms with Gasteiger partial charge in [-0.3, -0.25) is 5.10 Å². The summed E-state index contributed by atoms with van der Waals surface area (Å²) in [6.45, 7) is 3.98. The molecule has 8 heteroatoms. The minimum absolute atomic E-state index is 0.307. The maximum atomic E-state index is 12.3. The first-order chi connectivity index (χ1) is 13.6. The van der Waals surface area contributed by atoms with Crippen LogP contribution in [0.4, 0.5) is 16.2 Å². The highest BCUT2D eigenvalue weighted by molar-refractivity contribution is 6.00. The highest BCUT2D eigenvalue weighted by atomic mass is 16.5. The van der Waals surface area contributed by atoms with E-state index in [4.69, 9.17) is 4.74 Å². The number of carbonyl (C=O) groups excluding carboxylic acids is 1. The maximum absolute atomic E-state index is 12.3. The number of H-pyrrole nitrogens is 1. The van der Waals surface area contributed by atoms with Crippen molar-refractivity contribution in [1.29, 1.82) is 0 Å². The number of urea groups is 1. The van der Waals surface area contributed by atoms with Gasteiger partial charge in [0.15, 0.2) is 5.65 Å². The molecule has 4 rings (SSSR count). The molecule has 0 aliphatic rings. The summed E-state index contributed by atoms with van der Waals surface area (Å²) in [4.78, 5) is 20.5. The Bertz CT molecular complexity index is 1140. The SMILES string of the molecule is Cc1cccc(NC(=O)Nc2ccc(Oc3ncnc4[nH]ncc34)cc2)c1C. The Kier molecular flexibility index (Phi) is 4.59. The third-order valence-corrected chi connectivity index (χ3v) is 4.39. The molecule has 3 N–H and O–H groups in total. The van der Waals surface area contributed by atoms with Gasteiger partial charge in [-0.2, -0.15) is 5.10 Å². The molecule has 0 fully saturated rings. The number of carbonyl (C=O) groups is 1. The van der Waals surface area contributed by atoms with Gasteiger partial charge < -0.3 is 15.4 Å². The Morgan fingerprint density at radius 2 is 1.86 bits per heavy atom. The molecule has 8 nitrogen and oxygen atoms in total. The number of benzene rings is 2. The highest BCUT2D eigenvalue weighted by Gasteiger charge is 2.09. The summed E-state index contributed by atoms with van der Waals surface area (Å²) < 4.78 is 5.80. The summed E-state index contributed by atoms with van der Waals surface area (Å²) in [6, 6.07) is 12.5. The smallest absolute Gasteiger partial charge is 0.323 e. The number of aromatic nitrogens is 4. The van der Waals surface area contributed by atoms with E-state index < -0.39 is 0 Å².